The van der Waals surface area contributed by atoms with E-state index in [-0.39, 0.29) is 0 Å². The Labute approximate surface area is 163 Å². The molecule has 0 unspecified atom stereocenters. The lowest BCUT2D eigenvalue weighted by Gasteiger charge is -2.48. The van der Waals surface area contributed by atoms with E-state index in [1.54, 1.807) is 0 Å². The predicted octanol–water partition coefficient (Wildman–Crippen LogP) is 6.49. The molecule has 0 heterocycles. The summed E-state index contributed by atoms with van der Waals surface area (Å²) >= 11 is 0. The van der Waals surface area contributed by atoms with E-state index < -0.39 is 55.3 Å². The first-order chi connectivity index (χ1) is 13.8. The highest BCUT2D eigenvalue weighted by Crippen LogP contribution is 2.68. The summed E-state index contributed by atoms with van der Waals surface area (Å²) in [6.45, 7) is 0. The van der Waals surface area contributed by atoms with E-state index in [0.717, 1.165) is 18.9 Å². The largest absolute Gasteiger partial charge is 0.527 e. The third-order valence-corrected chi connectivity index (χ3v) is 2.72. The van der Waals surface area contributed by atoms with Crippen LogP contribution in [0.15, 0.2) is 0 Å². The zero-order valence-corrected chi connectivity index (χ0v) is 13.7. The predicted molar refractivity (Wildman–Crippen MR) is 50.8 cm³/mol. The van der Waals surface area contributed by atoms with Crippen molar-refractivity contribution in [2.24, 2.45) is 5.41 Å². The van der Waals surface area contributed by atoms with Crippen LogP contribution in [0.5, 0.6) is 0 Å². The number of hydrogen-bond acceptors (Lipinski definition) is 4. The van der Waals surface area contributed by atoms with Crippen LogP contribution < -0.4 is 0 Å². The molecule has 0 amide bonds. The van der Waals surface area contributed by atoms with Gasteiger partial charge in [0.15, 0.2) is 0 Å². The lowest BCUT2D eigenvalue weighted by atomic mass is 9.81. The van der Waals surface area contributed by atoms with Gasteiger partial charge in [0, 0.05) is 0 Å². The van der Waals surface area contributed by atoms with Gasteiger partial charge in [-0.15, -0.1) is 52.7 Å². The molecule has 0 saturated heterocycles. The van der Waals surface area contributed by atoms with Crippen molar-refractivity contribution >= 4 is 0 Å². The highest BCUT2D eigenvalue weighted by Gasteiger charge is 2.97. The van der Waals surface area contributed by atoms with Crippen molar-refractivity contribution < 1.29 is 107 Å². The minimum atomic E-state index is -8.99. The van der Waals surface area contributed by atoms with Crippen molar-refractivity contribution in [2.75, 3.05) is 0 Å². The Morgan fingerprint density at radius 3 is 0.455 bits per heavy atom. The van der Waals surface area contributed by atoms with Crippen molar-refractivity contribution in [1.29, 1.82) is 0 Å². The van der Waals surface area contributed by atoms with E-state index in [9.17, 15) is 87.8 Å². The summed E-state index contributed by atoms with van der Waals surface area (Å²) in [4.78, 5) is 0. The first-order valence-corrected chi connectivity index (χ1v) is 6.41. The minimum absolute atomic E-state index is 1.08. The highest BCUT2D eigenvalue weighted by molar-refractivity contribution is 5.07. The van der Waals surface area contributed by atoms with Gasteiger partial charge in [-0.05, 0) is 0 Å². The van der Waals surface area contributed by atoms with Crippen molar-refractivity contribution in [3.05, 3.63) is 0 Å². The molecular weight excluding hydrogens is 552 g/mol. The van der Waals surface area contributed by atoms with Gasteiger partial charge >= 0.3 is 55.3 Å². The third-order valence-electron chi connectivity index (χ3n) is 2.72. The first kappa shape index (κ1) is 31.4. The van der Waals surface area contributed by atoms with Gasteiger partial charge in [0.1, 0.15) is 0 Å². The van der Waals surface area contributed by atoms with Gasteiger partial charge in [-0.25, -0.2) is 18.9 Å². The molecule has 200 valence electrons. The Balaban J connectivity index is 7.78. The standard InChI is InChI=1S/C9F20O4/c10-2(11,30-6(18,19)20)1(3(12,13)31-7(21,22)23,4(14,15)32-8(24,25)26)5(16,17)33-9(27,28)29. The Morgan fingerprint density at radius 1 is 0.242 bits per heavy atom. The molecule has 0 aliphatic carbocycles. The molecule has 24 heteroatoms. The normalized spacial score (nSPS) is 16.4. The average molecular weight is 552 g/mol. The lowest BCUT2D eigenvalue weighted by molar-refractivity contribution is -0.625. The number of rotatable bonds is 8. The van der Waals surface area contributed by atoms with Gasteiger partial charge in [-0.3, -0.25) is 0 Å². The molecule has 0 aromatic rings. The quantitative estimate of drug-likeness (QED) is 0.323. The molecule has 0 bridgehead atoms. The molecular formula is C9F20O4. The number of ether oxygens (including phenoxy) is 4. The number of alkyl halides is 20. The van der Waals surface area contributed by atoms with Gasteiger partial charge < -0.3 is 0 Å². The van der Waals surface area contributed by atoms with Crippen LogP contribution in [0.4, 0.5) is 87.8 Å². The Hall–Kier alpha value is -1.56. The highest BCUT2D eigenvalue weighted by atomic mass is 19.4. The first-order valence-electron chi connectivity index (χ1n) is 6.41. The van der Waals surface area contributed by atoms with Crippen LogP contribution in [0.1, 0.15) is 0 Å². The summed E-state index contributed by atoms with van der Waals surface area (Å²) in [5, 5.41) is 0. The molecule has 0 spiro atoms. The Kier molecular flexibility index (Phi) is 7.89. The molecule has 0 aliphatic rings. The summed E-state index contributed by atoms with van der Waals surface area (Å²) in [5.41, 5.74) is -8.99. The molecule has 33 heavy (non-hydrogen) atoms. The van der Waals surface area contributed by atoms with Crippen molar-refractivity contribution in [3.8, 4) is 0 Å². The maximum atomic E-state index is 13.7. The van der Waals surface area contributed by atoms with E-state index in [1.165, 1.54) is 0 Å². The van der Waals surface area contributed by atoms with Gasteiger partial charge in [-0.2, -0.15) is 35.1 Å². The zero-order chi connectivity index (χ0) is 27.3. The summed E-state index contributed by atoms with van der Waals surface area (Å²) in [5.74, 6) is 0. The molecule has 0 atom stereocenters. The zero-order valence-electron chi connectivity index (χ0n) is 13.7. The van der Waals surface area contributed by atoms with Crippen molar-refractivity contribution in [1.82, 2.24) is 0 Å². The molecule has 0 saturated carbocycles. The van der Waals surface area contributed by atoms with Gasteiger partial charge in [0.25, 0.3) is 0 Å². The fourth-order valence-electron chi connectivity index (χ4n) is 1.90. The Bertz CT molecular complexity index is 549. The fraction of sp³-hybridized carbons (Fsp3) is 1.00. The Morgan fingerprint density at radius 2 is 0.364 bits per heavy atom. The molecule has 4 nitrogen and oxygen atoms in total. The van der Waals surface area contributed by atoms with Crippen LogP contribution in [0.2, 0.25) is 0 Å². The molecule has 0 aromatic carbocycles. The smallest absolute Gasteiger partial charge is 0.224 e. The van der Waals surface area contributed by atoms with E-state index in [4.69, 9.17) is 0 Å². The number of halogens is 20. The second kappa shape index (κ2) is 8.28. The topological polar surface area (TPSA) is 36.9 Å². The maximum absolute atomic E-state index is 13.7. The second-order valence-electron chi connectivity index (χ2n) is 5.01. The van der Waals surface area contributed by atoms with Crippen LogP contribution in [-0.4, -0.2) is 49.9 Å². The second-order valence-corrected chi connectivity index (χ2v) is 5.01. The summed E-state index contributed by atoms with van der Waals surface area (Å²) in [6, 6.07) is 0. The maximum Gasteiger partial charge on any atom is 0.527 e. The fourth-order valence-corrected chi connectivity index (χ4v) is 1.90. The van der Waals surface area contributed by atoms with E-state index >= 15 is 0 Å². The molecule has 0 rings (SSSR count). The SMILES string of the molecule is FC(F)(F)OC(F)(F)C(C(F)(F)OC(F)(F)F)(C(F)(F)OC(F)(F)F)C(F)(F)OC(F)(F)F. The average Bonchev–Trinajstić information content (AvgIpc) is 2.21. The van der Waals surface area contributed by atoms with Crippen molar-refractivity contribution in [2.45, 2.75) is 49.9 Å². The van der Waals surface area contributed by atoms with Gasteiger partial charge in [-0.1, -0.05) is 0 Å². The van der Waals surface area contributed by atoms with Crippen LogP contribution >= 0.6 is 0 Å². The molecule has 0 radical (unpaired) electrons. The van der Waals surface area contributed by atoms with Crippen molar-refractivity contribution in [3.63, 3.8) is 0 Å². The van der Waals surface area contributed by atoms with E-state index in [2.05, 4.69) is 0 Å². The van der Waals surface area contributed by atoms with E-state index in [1.807, 2.05) is 0 Å². The molecule has 0 aromatic heterocycles. The van der Waals surface area contributed by atoms with Crippen LogP contribution in [0.25, 0.3) is 0 Å². The third kappa shape index (κ3) is 7.21. The summed E-state index contributed by atoms with van der Waals surface area (Å²) in [6.07, 6.45) is -64.3. The molecule has 0 fully saturated rings. The molecule has 0 aliphatic heterocycles. The molecule has 0 N–H and O–H groups in total. The number of hydrogen-bond donors (Lipinski definition) is 0. The van der Waals surface area contributed by atoms with Crippen LogP contribution in [0.3, 0.4) is 0 Å². The van der Waals surface area contributed by atoms with Gasteiger partial charge in [0.05, 0.1) is 0 Å². The van der Waals surface area contributed by atoms with Gasteiger partial charge in [0.2, 0.25) is 0 Å². The summed E-state index contributed by atoms with van der Waals surface area (Å²) in [7, 11) is 0. The van der Waals surface area contributed by atoms with E-state index in [0.29, 0.717) is 0 Å². The minimum Gasteiger partial charge on any atom is -0.224 e. The lowest BCUT2D eigenvalue weighted by Crippen LogP contribution is -2.76. The van der Waals surface area contributed by atoms with Crippen LogP contribution in [-0.2, 0) is 18.9 Å². The summed E-state index contributed by atoms with van der Waals surface area (Å²) < 4.78 is 259. The monoisotopic (exact) mass is 552 g/mol. The van der Waals surface area contributed by atoms with Crippen LogP contribution in [0, 0.1) is 5.41 Å².